The Kier molecular flexibility index (Phi) is 6.29. The van der Waals surface area contributed by atoms with Crippen LogP contribution in [0.3, 0.4) is 0 Å². The molecule has 0 aromatic carbocycles. The highest BCUT2D eigenvalue weighted by atomic mass is 32.2. The van der Waals surface area contributed by atoms with Crippen LogP contribution in [-0.2, 0) is 14.8 Å². The van der Waals surface area contributed by atoms with E-state index in [1.165, 1.54) is 18.5 Å². The minimum absolute atomic E-state index is 0.0774. The summed E-state index contributed by atoms with van der Waals surface area (Å²) in [4.78, 5) is 15.5. The highest BCUT2D eigenvalue weighted by Gasteiger charge is 2.15. The van der Waals surface area contributed by atoms with Crippen LogP contribution in [0.25, 0.3) is 0 Å². The molecule has 0 aliphatic carbocycles. The van der Waals surface area contributed by atoms with Gasteiger partial charge < -0.3 is 10.6 Å². The van der Waals surface area contributed by atoms with Crippen molar-refractivity contribution in [3.8, 4) is 0 Å². The van der Waals surface area contributed by atoms with Crippen molar-refractivity contribution in [2.45, 2.75) is 24.2 Å². The number of nitrogens with zero attached hydrogens (tertiary/aromatic N) is 1. The van der Waals surface area contributed by atoms with E-state index in [0.29, 0.717) is 12.5 Å². The Morgan fingerprint density at radius 2 is 2.27 bits per heavy atom. The summed E-state index contributed by atoms with van der Waals surface area (Å²) >= 11 is 0. The molecule has 0 spiro atoms. The second kappa shape index (κ2) is 8.21. The number of carbonyl (C=O) groups excluding carboxylic acids is 1. The average Bonchev–Trinajstić information content (AvgIpc) is 3.01. The van der Waals surface area contributed by atoms with Crippen molar-refractivity contribution in [2.75, 3.05) is 26.2 Å². The van der Waals surface area contributed by atoms with Crippen LogP contribution in [0.1, 0.15) is 19.3 Å². The number of pyridine rings is 1. The Hall–Kier alpha value is -1.51. The maximum atomic E-state index is 11.9. The quantitative estimate of drug-likeness (QED) is 0.618. The van der Waals surface area contributed by atoms with Gasteiger partial charge in [-0.15, -0.1) is 0 Å². The molecule has 2 heterocycles. The van der Waals surface area contributed by atoms with Gasteiger partial charge in [-0.3, -0.25) is 9.78 Å². The molecule has 8 heteroatoms. The van der Waals surface area contributed by atoms with Crippen molar-refractivity contribution >= 4 is 15.9 Å². The van der Waals surface area contributed by atoms with Gasteiger partial charge in [0, 0.05) is 31.9 Å². The third-order valence-corrected chi connectivity index (χ3v) is 5.07. The van der Waals surface area contributed by atoms with Crippen LogP contribution in [0.2, 0.25) is 0 Å². The molecule has 1 aliphatic heterocycles. The van der Waals surface area contributed by atoms with Gasteiger partial charge in [0.1, 0.15) is 4.90 Å². The first kappa shape index (κ1) is 16.9. The lowest BCUT2D eigenvalue weighted by atomic mass is 10.1. The summed E-state index contributed by atoms with van der Waals surface area (Å²) in [5.74, 6) is 0.490. The lowest BCUT2D eigenvalue weighted by molar-refractivity contribution is -0.120. The summed E-state index contributed by atoms with van der Waals surface area (Å²) in [6.45, 7) is 2.78. The van der Waals surface area contributed by atoms with E-state index in [2.05, 4.69) is 20.3 Å². The lowest BCUT2D eigenvalue weighted by Gasteiger charge is -2.10. The van der Waals surface area contributed by atoms with Gasteiger partial charge >= 0.3 is 0 Å². The van der Waals surface area contributed by atoms with Gasteiger partial charge in [0.05, 0.1) is 0 Å². The van der Waals surface area contributed by atoms with E-state index in [1.807, 2.05) is 0 Å². The third-order valence-electron chi connectivity index (χ3n) is 3.63. The van der Waals surface area contributed by atoms with Gasteiger partial charge in [-0.1, -0.05) is 0 Å². The second-order valence-corrected chi connectivity index (χ2v) is 7.10. The molecule has 122 valence electrons. The van der Waals surface area contributed by atoms with Crippen LogP contribution in [0, 0.1) is 5.92 Å². The first-order valence-corrected chi connectivity index (χ1v) is 8.93. The van der Waals surface area contributed by atoms with E-state index in [-0.39, 0.29) is 23.8 Å². The van der Waals surface area contributed by atoms with Gasteiger partial charge in [0.15, 0.2) is 0 Å². The van der Waals surface area contributed by atoms with Crippen molar-refractivity contribution in [3.63, 3.8) is 0 Å². The topological polar surface area (TPSA) is 100 Å². The van der Waals surface area contributed by atoms with Crippen LogP contribution in [0.5, 0.6) is 0 Å². The number of rotatable bonds is 8. The summed E-state index contributed by atoms with van der Waals surface area (Å²) in [7, 11) is -3.59. The Morgan fingerprint density at radius 1 is 1.41 bits per heavy atom. The predicted molar refractivity (Wildman–Crippen MR) is 82.6 cm³/mol. The number of hydrogen-bond donors (Lipinski definition) is 3. The Bertz CT molecular complexity index is 571. The van der Waals surface area contributed by atoms with Crippen molar-refractivity contribution in [1.82, 2.24) is 20.3 Å². The highest BCUT2D eigenvalue weighted by molar-refractivity contribution is 7.89. The first-order valence-electron chi connectivity index (χ1n) is 7.45. The lowest BCUT2D eigenvalue weighted by Crippen LogP contribution is -2.31. The van der Waals surface area contributed by atoms with Gasteiger partial charge in [-0.25, -0.2) is 13.1 Å². The Labute approximate surface area is 131 Å². The molecule has 1 amide bonds. The van der Waals surface area contributed by atoms with Crippen molar-refractivity contribution in [3.05, 3.63) is 24.5 Å². The normalized spacial score (nSPS) is 18.3. The molecular weight excluding hydrogens is 304 g/mol. The summed E-state index contributed by atoms with van der Waals surface area (Å²) in [6, 6.07) is 3.02. The molecule has 1 atom stereocenters. The van der Waals surface area contributed by atoms with Gasteiger partial charge in [0.2, 0.25) is 15.9 Å². The third kappa shape index (κ3) is 5.36. The molecule has 1 saturated heterocycles. The predicted octanol–water partition coefficient (Wildman–Crippen LogP) is -0.134. The minimum atomic E-state index is -3.59. The van der Waals surface area contributed by atoms with E-state index < -0.39 is 10.0 Å². The van der Waals surface area contributed by atoms with Crippen LogP contribution >= 0.6 is 0 Å². The Morgan fingerprint density at radius 3 is 2.95 bits per heavy atom. The maximum absolute atomic E-state index is 11.9. The molecule has 7 nitrogen and oxygen atoms in total. The number of hydrogen-bond acceptors (Lipinski definition) is 5. The monoisotopic (exact) mass is 326 g/mol. The molecule has 0 saturated carbocycles. The van der Waals surface area contributed by atoms with Crippen LogP contribution < -0.4 is 15.4 Å². The van der Waals surface area contributed by atoms with E-state index in [9.17, 15) is 13.2 Å². The fraction of sp³-hybridized carbons (Fsp3) is 0.571. The molecule has 1 unspecified atom stereocenters. The zero-order valence-corrected chi connectivity index (χ0v) is 13.2. The standard InChI is InChI=1S/C14H22N4O3S/c19-14(17-8-4-12-3-7-16-10-12)5-9-18-22(20,21)13-2-1-6-15-11-13/h1-2,6,11-12,16,18H,3-5,7-10H2,(H,17,19). The summed E-state index contributed by atoms with van der Waals surface area (Å²) in [5.41, 5.74) is 0. The maximum Gasteiger partial charge on any atom is 0.242 e. The fourth-order valence-electron chi connectivity index (χ4n) is 2.35. The molecule has 1 fully saturated rings. The summed E-state index contributed by atoms with van der Waals surface area (Å²) in [6.07, 6.45) is 5.02. The highest BCUT2D eigenvalue weighted by Crippen LogP contribution is 2.10. The molecule has 0 bridgehead atoms. The number of nitrogens with one attached hydrogen (secondary N) is 3. The largest absolute Gasteiger partial charge is 0.356 e. The number of carbonyl (C=O) groups is 1. The number of amides is 1. The van der Waals surface area contributed by atoms with Crippen molar-refractivity contribution in [1.29, 1.82) is 0 Å². The molecule has 1 aromatic rings. The number of aromatic nitrogens is 1. The molecule has 3 N–H and O–H groups in total. The Balaban J connectivity index is 1.64. The molecule has 1 aromatic heterocycles. The molecule has 1 aliphatic rings. The van der Waals surface area contributed by atoms with E-state index >= 15 is 0 Å². The van der Waals surface area contributed by atoms with Gasteiger partial charge in [-0.05, 0) is 44.0 Å². The zero-order valence-electron chi connectivity index (χ0n) is 12.4. The smallest absolute Gasteiger partial charge is 0.242 e. The van der Waals surface area contributed by atoms with Crippen LogP contribution in [0.4, 0.5) is 0 Å². The van der Waals surface area contributed by atoms with E-state index in [4.69, 9.17) is 0 Å². The molecule has 22 heavy (non-hydrogen) atoms. The van der Waals surface area contributed by atoms with E-state index in [1.54, 1.807) is 6.07 Å². The molecular formula is C14H22N4O3S. The van der Waals surface area contributed by atoms with E-state index in [0.717, 1.165) is 25.9 Å². The number of sulfonamides is 1. The minimum Gasteiger partial charge on any atom is -0.356 e. The first-order chi connectivity index (χ1) is 10.6. The van der Waals surface area contributed by atoms with Crippen molar-refractivity contribution < 1.29 is 13.2 Å². The van der Waals surface area contributed by atoms with Crippen LogP contribution in [0.15, 0.2) is 29.4 Å². The second-order valence-electron chi connectivity index (χ2n) is 5.33. The average molecular weight is 326 g/mol. The van der Waals surface area contributed by atoms with Gasteiger partial charge in [0.25, 0.3) is 0 Å². The zero-order chi connectivity index (χ0) is 15.8. The molecule has 2 rings (SSSR count). The van der Waals surface area contributed by atoms with Crippen LogP contribution in [-0.4, -0.2) is 45.5 Å². The summed E-state index contributed by atoms with van der Waals surface area (Å²) in [5, 5.41) is 6.10. The summed E-state index contributed by atoms with van der Waals surface area (Å²) < 4.78 is 26.2. The fourth-order valence-corrected chi connectivity index (χ4v) is 3.35. The SMILES string of the molecule is O=C(CCNS(=O)(=O)c1cccnc1)NCCC1CCNC1. The molecule has 0 radical (unpaired) electrons. The van der Waals surface area contributed by atoms with Gasteiger partial charge in [-0.2, -0.15) is 0 Å². The van der Waals surface area contributed by atoms with Crippen molar-refractivity contribution in [2.24, 2.45) is 5.92 Å².